The number of aromatic nitrogens is 2. The first-order chi connectivity index (χ1) is 9.17. The molecular weight excluding hydrogens is 322 g/mol. The number of aryl methyl sites for hydroxylation is 1. The molecule has 2 heterocycles. The van der Waals surface area contributed by atoms with Crippen LogP contribution in [0, 0.1) is 0 Å². The molecule has 0 spiro atoms. The fourth-order valence-corrected chi connectivity index (χ4v) is 3.67. The van der Waals surface area contributed by atoms with Gasteiger partial charge in [0.25, 0.3) is 0 Å². The number of thiophene rings is 1. The molecule has 5 heteroatoms. The number of hydrogen-bond acceptors (Lipinski definition) is 3. The van der Waals surface area contributed by atoms with Gasteiger partial charge in [0.05, 0.1) is 17.6 Å². The molecule has 3 aromatic rings. The van der Waals surface area contributed by atoms with Crippen LogP contribution in [0.25, 0.3) is 11.0 Å². The first-order valence-electron chi connectivity index (χ1n) is 6.15. The number of halogens is 1. The molecule has 0 amide bonds. The lowest BCUT2D eigenvalue weighted by Crippen LogP contribution is -2.03. The summed E-state index contributed by atoms with van der Waals surface area (Å²) in [5, 5.41) is 2.11. The van der Waals surface area contributed by atoms with Gasteiger partial charge in [-0.05, 0) is 40.2 Å². The second-order valence-electron chi connectivity index (χ2n) is 4.45. The van der Waals surface area contributed by atoms with Crippen LogP contribution in [0.15, 0.2) is 34.1 Å². The summed E-state index contributed by atoms with van der Waals surface area (Å²) in [6.07, 6.45) is 0.918. The Balaban J connectivity index is 2.10. The molecule has 0 aliphatic rings. The second kappa shape index (κ2) is 4.98. The molecule has 3 nitrogen and oxygen atoms in total. The molecule has 1 aromatic carbocycles. The van der Waals surface area contributed by atoms with Crippen LogP contribution in [-0.2, 0) is 13.0 Å². The van der Waals surface area contributed by atoms with Crippen LogP contribution >= 0.6 is 27.3 Å². The molecule has 2 N–H and O–H groups in total. The molecule has 98 valence electrons. The van der Waals surface area contributed by atoms with Crippen LogP contribution in [0.5, 0.6) is 0 Å². The monoisotopic (exact) mass is 335 g/mol. The van der Waals surface area contributed by atoms with Gasteiger partial charge in [-0.1, -0.05) is 6.92 Å². The predicted octanol–water partition coefficient (Wildman–Crippen LogP) is 4.05. The molecule has 0 atom stereocenters. The van der Waals surface area contributed by atoms with Crippen molar-refractivity contribution < 1.29 is 0 Å². The van der Waals surface area contributed by atoms with Gasteiger partial charge in [-0.15, -0.1) is 11.3 Å². The van der Waals surface area contributed by atoms with Gasteiger partial charge in [0.2, 0.25) is 0 Å². The summed E-state index contributed by atoms with van der Waals surface area (Å²) in [4.78, 5) is 5.99. The van der Waals surface area contributed by atoms with Crippen molar-refractivity contribution in [2.24, 2.45) is 0 Å². The van der Waals surface area contributed by atoms with E-state index in [-0.39, 0.29) is 0 Å². The Labute approximate surface area is 124 Å². The lowest BCUT2D eigenvalue weighted by atomic mass is 10.3. The van der Waals surface area contributed by atoms with Crippen molar-refractivity contribution in [2.45, 2.75) is 19.9 Å². The molecule has 0 radical (unpaired) electrons. The highest BCUT2D eigenvalue weighted by atomic mass is 79.9. The average Bonchev–Trinajstić information content (AvgIpc) is 2.94. The molecular formula is C14H14BrN3S. The van der Waals surface area contributed by atoms with E-state index in [1.54, 1.807) is 11.3 Å². The Morgan fingerprint density at radius 3 is 2.89 bits per heavy atom. The van der Waals surface area contributed by atoms with Crippen LogP contribution in [0.3, 0.4) is 0 Å². The third-order valence-electron chi connectivity index (χ3n) is 3.10. The summed E-state index contributed by atoms with van der Waals surface area (Å²) in [6.45, 7) is 2.99. The molecule has 2 aromatic heterocycles. The van der Waals surface area contributed by atoms with E-state index < -0.39 is 0 Å². The summed E-state index contributed by atoms with van der Waals surface area (Å²) in [6, 6.07) is 8.09. The lowest BCUT2D eigenvalue weighted by Gasteiger charge is -2.06. The zero-order valence-electron chi connectivity index (χ0n) is 10.6. The van der Waals surface area contributed by atoms with E-state index in [2.05, 4.69) is 49.9 Å². The summed E-state index contributed by atoms with van der Waals surface area (Å²) in [7, 11) is 0. The van der Waals surface area contributed by atoms with Crippen molar-refractivity contribution in [1.29, 1.82) is 0 Å². The lowest BCUT2D eigenvalue weighted by molar-refractivity contribution is 0.761. The van der Waals surface area contributed by atoms with Gasteiger partial charge in [0.1, 0.15) is 5.82 Å². The maximum absolute atomic E-state index is 5.83. The largest absolute Gasteiger partial charge is 0.399 e. The van der Waals surface area contributed by atoms with Crippen LogP contribution in [0.2, 0.25) is 0 Å². The van der Waals surface area contributed by atoms with Gasteiger partial charge in [-0.3, -0.25) is 0 Å². The van der Waals surface area contributed by atoms with Gasteiger partial charge in [-0.25, -0.2) is 4.98 Å². The number of hydrogen-bond donors (Lipinski definition) is 1. The van der Waals surface area contributed by atoms with Crippen molar-refractivity contribution in [3.8, 4) is 0 Å². The topological polar surface area (TPSA) is 43.8 Å². The quantitative estimate of drug-likeness (QED) is 0.733. The minimum Gasteiger partial charge on any atom is -0.399 e. The highest BCUT2D eigenvalue weighted by Crippen LogP contribution is 2.25. The molecule has 19 heavy (non-hydrogen) atoms. The summed E-state index contributed by atoms with van der Waals surface area (Å²) < 4.78 is 3.41. The number of rotatable bonds is 3. The van der Waals surface area contributed by atoms with Crippen molar-refractivity contribution in [3.63, 3.8) is 0 Å². The van der Waals surface area contributed by atoms with E-state index in [0.717, 1.165) is 40.0 Å². The number of nitrogens with zero attached hydrogens (tertiary/aromatic N) is 2. The van der Waals surface area contributed by atoms with Crippen LogP contribution in [-0.4, -0.2) is 9.55 Å². The van der Waals surface area contributed by atoms with Crippen molar-refractivity contribution in [3.05, 3.63) is 44.8 Å². The van der Waals surface area contributed by atoms with E-state index in [1.807, 2.05) is 12.1 Å². The molecule has 0 saturated heterocycles. The number of nitrogen functional groups attached to an aromatic ring is 1. The average molecular weight is 336 g/mol. The summed E-state index contributed by atoms with van der Waals surface area (Å²) in [5.74, 6) is 1.10. The van der Waals surface area contributed by atoms with Gasteiger partial charge in [0.15, 0.2) is 0 Å². The smallest absolute Gasteiger partial charge is 0.109 e. The summed E-state index contributed by atoms with van der Waals surface area (Å²) in [5.41, 5.74) is 8.72. The van der Waals surface area contributed by atoms with Gasteiger partial charge in [-0.2, -0.15) is 0 Å². The van der Waals surface area contributed by atoms with E-state index in [0.29, 0.717) is 0 Å². The number of imidazole rings is 1. The third kappa shape index (κ3) is 2.40. The van der Waals surface area contributed by atoms with E-state index in [4.69, 9.17) is 5.73 Å². The van der Waals surface area contributed by atoms with E-state index >= 15 is 0 Å². The van der Waals surface area contributed by atoms with Crippen molar-refractivity contribution in [2.75, 3.05) is 5.73 Å². The standard InChI is InChI=1S/C14H14BrN3S/c1-2-14-17-12-6-10(16)3-4-13(12)18(14)7-11-5-9(15)8-19-11/h3-6,8H,2,7,16H2,1H3. The predicted molar refractivity (Wildman–Crippen MR) is 84.6 cm³/mol. The Bertz CT molecular complexity index is 729. The number of anilines is 1. The first-order valence-corrected chi connectivity index (χ1v) is 7.82. The van der Waals surface area contributed by atoms with Gasteiger partial charge >= 0.3 is 0 Å². The Hall–Kier alpha value is -1.33. The minimum atomic E-state index is 0.763. The summed E-state index contributed by atoms with van der Waals surface area (Å²) >= 11 is 5.26. The van der Waals surface area contributed by atoms with E-state index in [9.17, 15) is 0 Å². The van der Waals surface area contributed by atoms with Gasteiger partial charge in [0, 0.05) is 26.8 Å². The molecule has 0 unspecified atom stereocenters. The van der Waals surface area contributed by atoms with E-state index in [1.165, 1.54) is 4.88 Å². The SMILES string of the molecule is CCc1nc2cc(N)ccc2n1Cc1cc(Br)cs1. The molecule has 0 bridgehead atoms. The Morgan fingerprint density at radius 2 is 2.21 bits per heavy atom. The highest BCUT2D eigenvalue weighted by Gasteiger charge is 2.10. The minimum absolute atomic E-state index is 0.763. The zero-order valence-corrected chi connectivity index (χ0v) is 13.0. The highest BCUT2D eigenvalue weighted by molar-refractivity contribution is 9.10. The first kappa shape index (κ1) is 12.7. The molecule has 0 fully saturated rings. The van der Waals surface area contributed by atoms with Crippen LogP contribution < -0.4 is 5.73 Å². The number of fused-ring (bicyclic) bond motifs is 1. The van der Waals surface area contributed by atoms with Crippen molar-refractivity contribution in [1.82, 2.24) is 9.55 Å². The Morgan fingerprint density at radius 1 is 1.37 bits per heavy atom. The molecule has 0 saturated carbocycles. The fourth-order valence-electron chi connectivity index (χ4n) is 2.24. The number of benzene rings is 1. The number of nitrogens with two attached hydrogens (primary N) is 1. The normalized spacial score (nSPS) is 11.3. The molecule has 3 rings (SSSR count). The molecule has 0 aliphatic carbocycles. The van der Waals surface area contributed by atoms with Crippen molar-refractivity contribution >= 4 is 44.0 Å². The van der Waals surface area contributed by atoms with Crippen LogP contribution in [0.4, 0.5) is 5.69 Å². The maximum atomic E-state index is 5.83. The van der Waals surface area contributed by atoms with Gasteiger partial charge < -0.3 is 10.3 Å². The fraction of sp³-hybridized carbons (Fsp3) is 0.214. The second-order valence-corrected chi connectivity index (χ2v) is 6.36. The molecule has 0 aliphatic heterocycles. The zero-order chi connectivity index (χ0) is 13.4. The third-order valence-corrected chi connectivity index (χ3v) is 4.79. The van der Waals surface area contributed by atoms with Crippen LogP contribution in [0.1, 0.15) is 17.6 Å². The Kier molecular flexibility index (Phi) is 3.33. The maximum Gasteiger partial charge on any atom is 0.109 e.